The summed E-state index contributed by atoms with van der Waals surface area (Å²) in [6.07, 6.45) is 0.0150. The molecule has 2 amide bonds. The highest BCUT2D eigenvalue weighted by Gasteiger charge is 2.32. The Morgan fingerprint density at radius 1 is 1.12 bits per heavy atom. The predicted molar refractivity (Wildman–Crippen MR) is 107 cm³/mol. The minimum atomic E-state index is -0.547. The van der Waals surface area contributed by atoms with Crippen molar-refractivity contribution in [3.05, 3.63) is 58.6 Å². The highest BCUT2D eigenvalue weighted by Crippen LogP contribution is 2.26. The summed E-state index contributed by atoms with van der Waals surface area (Å²) in [6, 6.07) is 14.1. The van der Waals surface area contributed by atoms with Crippen LogP contribution in [0.1, 0.15) is 6.42 Å². The molecule has 26 heavy (non-hydrogen) atoms. The van der Waals surface area contributed by atoms with Crippen molar-refractivity contribution in [1.82, 2.24) is 5.32 Å². The van der Waals surface area contributed by atoms with Crippen LogP contribution in [0.5, 0.6) is 0 Å². The number of nitrogens with zero attached hydrogens (tertiary/aromatic N) is 1. The number of halogens is 2. The minimum Gasteiger partial charge on any atom is -0.326 e. The summed E-state index contributed by atoms with van der Waals surface area (Å²) in [7, 11) is 0. The Balaban J connectivity index is 1.55. The van der Waals surface area contributed by atoms with Crippen LogP contribution in [0, 0.1) is 0 Å². The van der Waals surface area contributed by atoms with Crippen LogP contribution in [0.15, 0.2) is 53.6 Å². The van der Waals surface area contributed by atoms with Gasteiger partial charge in [-0.1, -0.05) is 53.2 Å². The van der Waals surface area contributed by atoms with Gasteiger partial charge in [-0.2, -0.15) is 0 Å². The fraction of sp³-hybridized carbons (Fsp3) is 0.118. The maximum Gasteiger partial charge on any atom is 0.240 e. The first-order valence-corrected chi connectivity index (χ1v) is 9.26. The number of rotatable bonds is 5. The molecule has 0 saturated carbocycles. The van der Waals surface area contributed by atoms with Gasteiger partial charge in [0.1, 0.15) is 5.25 Å². The molecule has 3 N–H and O–H groups in total. The van der Waals surface area contributed by atoms with Crippen molar-refractivity contribution < 1.29 is 9.59 Å². The highest BCUT2D eigenvalue weighted by atomic mass is 35.5. The topological polar surface area (TPSA) is 82.6 Å². The molecular formula is C17H14Cl2N4O2S. The molecule has 0 aliphatic carbocycles. The average molecular weight is 409 g/mol. The molecule has 3 rings (SSSR count). The third-order valence-electron chi connectivity index (χ3n) is 3.41. The van der Waals surface area contributed by atoms with Crippen LogP contribution in [0.3, 0.4) is 0 Å². The van der Waals surface area contributed by atoms with Crippen molar-refractivity contribution in [1.29, 1.82) is 0 Å². The first kappa shape index (κ1) is 18.6. The van der Waals surface area contributed by atoms with E-state index in [0.717, 1.165) is 5.69 Å². The summed E-state index contributed by atoms with van der Waals surface area (Å²) in [4.78, 5) is 24.2. The molecule has 134 valence electrons. The quantitative estimate of drug-likeness (QED) is 0.654. The number of carbonyl (C=O) groups excluding carboxylic acids is 2. The van der Waals surface area contributed by atoms with E-state index in [1.807, 2.05) is 30.3 Å². The van der Waals surface area contributed by atoms with Crippen molar-refractivity contribution in [2.45, 2.75) is 11.7 Å². The van der Waals surface area contributed by atoms with E-state index >= 15 is 0 Å². The van der Waals surface area contributed by atoms with Crippen LogP contribution < -0.4 is 16.1 Å². The van der Waals surface area contributed by atoms with Crippen LogP contribution in [0.4, 0.5) is 11.4 Å². The number of para-hydroxylation sites is 1. The molecule has 0 radical (unpaired) electrons. The molecule has 0 aromatic heterocycles. The summed E-state index contributed by atoms with van der Waals surface area (Å²) in [6.45, 7) is 0. The van der Waals surface area contributed by atoms with E-state index in [2.05, 4.69) is 21.2 Å². The van der Waals surface area contributed by atoms with Gasteiger partial charge in [-0.3, -0.25) is 15.0 Å². The SMILES string of the molecule is O=C(C[C@H]1S/C(=N/Nc2ccccc2)NC1=O)Nc1ccc(Cl)c(Cl)c1. The molecule has 1 aliphatic rings. The molecule has 1 saturated heterocycles. The fourth-order valence-corrected chi connectivity index (χ4v) is 3.40. The number of hydrazone groups is 1. The van der Waals surface area contributed by atoms with E-state index < -0.39 is 5.25 Å². The van der Waals surface area contributed by atoms with Crippen molar-refractivity contribution in [2.24, 2.45) is 5.10 Å². The van der Waals surface area contributed by atoms with Gasteiger partial charge in [0, 0.05) is 12.1 Å². The van der Waals surface area contributed by atoms with Gasteiger partial charge >= 0.3 is 0 Å². The molecule has 0 spiro atoms. The first-order chi connectivity index (χ1) is 12.5. The van der Waals surface area contributed by atoms with Crippen LogP contribution in [-0.4, -0.2) is 22.2 Å². The summed E-state index contributed by atoms with van der Waals surface area (Å²) in [5.41, 5.74) is 4.18. The largest absolute Gasteiger partial charge is 0.326 e. The lowest BCUT2D eigenvalue weighted by Crippen LogP contribution is -2.28. The van der Waals surface area contributed by atoms with Crippen LogP contribution in [0.2, 0.25) is 10.0 Å². The molecule has 1 atom stereocenters. The zero-order chi connectivity index (χ0) is 18.5. The van der Waals surface area contributed by atoms with Crippen molar-refractivity contribution in [2.75, 3.05) is 10.7 Å². The van der Waals surface area contributed by atoms with Gasteiger partial charge in [-0.05, 0) is 30.3 Å². The van der Waals surface area contributed by atoms with Gasteiger partial charge in [0.05, 0.1) is 15.7 Å². The van der Waals surface area contributed by atoms with Gasteiger partial charge in [-0.15, -0.1) is 5.10 Å². The molecular weight excluding hydrogens is 395 g/mol. The number of benzene rings is 2. The second-order valence-electron chi connectivity index (χ2n) is 5.37. The Kier molecular flexibility index (Phi) is 6.03. The Bertz CT molecular complexity index is 861. The molecule has 1 fully saturated rings. The van der Waals surface area contributed by atoms with E-state index in [-0.39, 0.29) is 18.2 Å². The van der Waals surface area contributed by atoms with E-state index in [0.29, 0.717) is 20.9 Å². The van der Waals surface area contributed by atoms with E-state index in [1.165, 1.54) is 11.8 Å². The molecule has 6 nitrogen and oxygen atoms in total. The van der Waals surface area contributed by atoms with Gasteiger partial charge in [-0.25, -0.2) is 0 Å². The van der Waals surface area contributed by atoms with Crippen LogP contribution in [0.25, 0.3) is 0 Å². The third-order valence-corrected chi connectivity index (χ3v) is 5.23. The number of nitrogens with one attached hydrogen (secondary N) is 3. The van der Waals surface area contributed by atoms with E-state index in [4.69, 9.17) is 23.2 Å². The molecule has 2 aromatic carbocycles. The summed E-state index contributed by atoms with van der Waals surface area (Å²) >= 11 is 13.0. The van der Waals surface area contributed by atoms with Crippen molar-refractivity contribution >= 4 is 63.3 Å². The zero-order valence-electron chi connectivity index (χ0n) is 13.3. The van der Waals surface area contributed by atoms with Gasteiger partial charge < -0.3 is 10.6 Å². The monoisotopic (exact) mass is 408 g/mol. The lowest BCUT2D eigenvalue weighted by molar-refractivity contribution is -0.122. The summed E-state index contributed by atoms with van der Waals surface area (Å²) in [5.74, 6) is -0.554. The van der Waals surface area contributed by atoms with Gasteiger partial charge in [0.2, 0.25) is 11.8 Å². The molecule has 2 aromatic rings. The standard InChI is InChI=1S/C17H14Cl2N4O2S/c18-12-7-6-11(8-13(12)19)20-15(24)9-14-16(25)21-17(26-14)23-22-10-4-2-1-3-5-10/h1-8,14,22H,9H2,(H,20,24)(H,21,23,25)/t14-/m1/s1. The van der Waals surface area contributed by atoms with E-state index in [1.54, 1.807) is 18.2 Å². The maximum atomic E-state index is 12.2. The Morgan fingerprint density at radius 2 is 1.88 bits per heavy atom. The Hall–Kier alpha value is -2.22. The number of carbonyl (C=O) groups is 2. The van der Waals surface area contributed by atoms with Gasteiger partial charge in [0.15, 0.2) is 5.17 Å². The highest BCUT2D eigenvalue weighted by molar-refractivity contribution is 8.15. The van der Waals surface area contributed by atoms with Crippen molar-refractivity contribution in [3.63, 3.8) is 0 Å². The molecule has 1 aliphatic heterocycles. The smallest absolute Gasteiger partial charge is 0.240 e. The number of thioether (sulfide) groups is 1. The molecule has 9 heteroatoms. The minimum absolute atomic E-state index is 0.0150. The molecule has 0 bridgehead atoms. The van der Waals surface area contributed by atoms with Crippen molar-refractivity contribution in [3.8, 4) is 0 Å². The second kappa shape index (κ2) is 8.44. The summed E-state index contributed by atoms with van der Waals surface area (Å²) in [5, 5.41) is 10.1. The Morgan fingerprint density at radius 3 is 2.62 bits per heavy atom. The predicted octanol–water partition coefficient (Wildman–Crippen LogP) is 3.94. The fourth-order valence-electron chi connectivity index (χ4n) is 2.17. The number of hydrogen-bond acceptors (Lipinski definition) is 5. The van der Waals surface area contributed by atoms with Crippen LogP contribution in [-0.2, 0) is 9.59 Å². The first-order valence-electron chi connectivity index (χ1n) is 7.62. The van der Waals surface area contributed by atoms with Gasteiger partial charge in [0.25, 0.3) is 0 Å². The lowest BCUT2D eigenvalue weighted by atomic mass is 10.2. The number of hydrogen-bond donors (Lipinski definition) is 3. The third kappa shape index (κ3) is 4.91. The lowest BCUT2D eigenvalue weighted by Gasteiger charge is -2.08. The zero-order valence-corrected chi connectivity index (χ0v) is 15.7. The average Bonchev–Trinajstić information content (AvgIpc) is 2.97. The molecule has 0 unspecified atom stereocenters. The van der Waals surface area contributed by atoms with E-state index in [9.17, 15) is 9.59 Å². The number of anilines is 2. The van der Waals surface area contributed by atoms with Crippen LogP contribution >= 0.6 is 35.0 Å². The molecule has 1 heterocycles. The number of amides is 2. The second-order valence-corrected chi connectivity index (χ2v) is 7.38. The Labute approximate surface area is 164 Å². The summed E-state index contributed by atoms with van der Waals surface area (Å²) < 4.78 is 0. The normalized spacial score (nSPS) is 17.8. The number of amidine groups is 1. The maximum absolute atomic E-state index is 12.2.